The molecule has 0 atom stereocenters. The van der Waals surface area contributed by atoms with Crippen LogP contribution in [0.25, 0.3) is 0 Å². The summed E-state index contributed by atoms with van der Waals surface area (Å²) >= 11 is 3.42. The summed E-state index contributed by atoms with van der Waals surface area (Å²) in [4.78, 5) is 5.84. The van der Waals surface area contributed by atoms with Gasteiger partial charge in [-0.15, -0.1) is 12.4 Å². The predicted molar refractivity (Wildman–Crippen MR) is 74.4 cm³/mol. The van der Waals surface area contributed by atoms with Crippen LogP contribution < -0.4 is 10.5 Å². The van der Waals surface area contributed by atoms with E-state index in [0.717, 1.165) is 16.8 Å². The lowest BCUT2D eigenvalue weighted by atomic mass is 10.3. The lowest BCUT2D eigenvalue weighted by Gasteiger charge is -2.23. The monoisotopic (exact) mass is 317 g/mol. The third-order valence-corrected chi connectivity index (χ3v) is 2.83. The smallest absolute Gasteiger partial charge is 0.198 e. The number of ether oxygens (including phenoxy) is 1. The first-order chi connectivity index (χ1) is 7.77. The summed E-state index contributed by atoms with van der Waals surface area (Å²) in [5, 5.41) is 0. The zero-order valence-electron chi connectivity index (χ0n) is 9.04. The second kappa shape index (κ2) is 6.51. The SMILES string of the molecule is Cl.NC1=NC=CCN1COc1ccccc1Br. The number of nitrogens with two attached hydrogens (primary N) is 1. The summed E-state index contributed by atoms with van der Waals surface area (Å²) in [7, 11) is 0. The summed E-state index contributed by atoms with van der Waals surface area (Å²) in [5.41, 5.74) is 5.71. The zero-order chi connectivity index (χ0) is 11.4. The Morgan fingerprint density at radius 2 is 2.18 bits per heavy atom. The molecule has 0 unspecified atom stereocenters. The molecule has 0 aromatic heterocycles. The van der Waals surface area contributed by atoms with E-state index in [0.29, 0.717) is 12.7 Å². The summed E-state index contributed by atoms with van der Waals surface area (Å²) < 4.78 is 6.56. The minimum atomic E-state index is 0. The molecule has 1 heterocycles. The minimum absolute atomic E-state index is 0. The Labute approximate surface area is 115 Å². The van der Waals surface area contributed by atoms with Crippen LogP contribution in [0.4, 0.5) is 0 Å². The summed E-state index contributed by atoms with van der Waals surface area (Å²) in [6.45, 7) is 1.11. The minimum Gasteiger partial charge on any atom is -0.472 e. The third kappa shape index (κ3) is 3.64. The molecule has 0 radical (unpaired) electrons. The Morgan fingerprint density at radius 1 is 1.41 bits per heavy atom. The van der Waals surface area contributed by atoms with E-state index in [9.17, 15) is 0 Å². The number of nitrogens with zero attached hydrogens (tertiary/aromatic N) is 2. The highest BCUT2D eigenvalue weighted by Crippen LogP contribution is 2.23. The molecule has 1 aromatic rings. The maximum atomic E-state index is 5.71. The highest BCUT2D eigenvalue weighted by Gasteiger charge is 2.09. The van der Waals surface area contributed by atoms with Crippen LogP contribution in [0.3, 0.4) is 0 Å². The Morgan fingerprint density at radius 3 is 2.88 bits per heavy atom. The molecule has 0 aliphatic carbocycles. The average Bonchev–Trinajstić information content (AvgIpc) is 2.30. The molecule has 1 aromatic carbocycles. The number of aliphatic imine (C=N–C) groups is 1. The van der Waals surface area contributed by atoms with Gasteiger partial charge in [-0.2, -0.15) is 0 Å². The summed E-state index contributed by atoms with van der Waals surface area (Å²) in [6.07, 6.45) is 3.63. The Bertz CT molecular complexity index is 436. The molecule has 2 rings (SSSR count). The third-order valence-electron chi connectivity index (χ3n) is 2.17. The van der Waals surface area contributed by atoms with Gasteiger partial charge in [-0.05, 0) is 34.1 Å². The van der Waals surface area contributed by atoms with Gasteiger partial charge in [-0.25, -0.2) is 4.99 Å². The van der Waals surface area contributed by atoms with Crippen molar-refractivity contribution in [3.63, 3.8) is 0 Å². The van der Waals surface area contributed by atoms with Crippen LogP contribution in [-0.4, -0.2) is 24.1 Å². The maximum absolute atomic E-state index is 5.71. The summed E-state index contributed by atoms with van der Waals surface area (Å²) in [6, 6.07) is 7.70. The molecule has 0 spiro atoms. The van der Waals surface area contributed by atoms with E-state index in [2.05, 4.69) is 20.9 Å². The van der Waals surface area contributed by atoms with Crippen molar-refractivity contribution in [2.24, 2.45) is 10.7 Å². The lowest BCUT2D eigenvalue weighted by molar-refractivity contribution is 0.199. The van der Waals surface area contributed by atoms with Gasteiger partial charge in [0.05, 0.1) is 4.47 Å². The van der Waals surface area contributed by atoms with Crippen molar-refractivity contribution in [1.29, 1.82) is 0 Å². The molecule has 92 valence electrons. The molecular formula is C11H13BrClN3O. The Kier molecular flexibility index (Phi) is 5.31. The van der Waals surface area contributed by atoms with Crippen LogP contribution in [0, 0.1) is 0 Å². The van der Waals surface area contributed by atoms with Gasteiger partial charge in [0.25, 0.3) is 0 Å². The fourth-order valence-corrected chi connectivity index (χ4v) is 1.71. The van der Waals surface area contributed by atoms with Gasteiger partial charge in [-0.1, -0.05) is 12.1 Å². The molecule has 2 N–H and O–H groups in total. The molecule has 0 saturated carbocycles. The van der Waals surface area contributed by atoms with Crippen LogP contribution >= 0.6 is 28.3 Å². The molecule has 0 saturated heterocycles. The first-order valence-corrected chi connectivity index (χ1v) is 5.67. The number of halogens is 2. The molecule has 1 aliphatic heterocycles. The van der Waals surface area contributed by atoms with Crippen LogP contribution in [-0.2, 0) is 0 Å². The molecule has 1 aliphatic rings. The van der Waals surface area contributed by atoms with Crippen LogP contribution in [0.5, 0.6) is 5.75 Å². The molecular weight excluding hydrogens is 305 g/mol. The fraction of sp³-hybridized carbons (Fsp3) is 0.182. The van der Waals surface area contributed by atoms with Gasteiger partial charge in [-0.3, -0.25) is 0 Å². The van der Waals surface area contributed by atoms with Crippen molar-refractivity contribution in [2.45, 2.75) is 0 Å². The van der Waals surface area contributed by atoms with Crippen molar-refractivity contribution in [2.75, 3.05) is 13.3 Å². The van der Waals surface area contributed by atoms with Crippen molar-refractivity contribution in [3.05, 3.63) is 41.0 Å². The molecule has 0 amide bonds. The molecule has 0 fully saturated rings. The quantitative estimate of drug-likeness (QED) is 0.931. The second-order valence-electron chi connectivity index (χ2n) is 3.30. The molecule has 0 bridgehead atoms. The van der Waals surface area contributed by atoms with Crippen LogP contribution in [0.15, 0.2) is 46.0 Å². The largest absolute Gasteiger partial charge is 0.472 e. The standard InChI is InChI=1S/C11H12BrN3O.ClH/c12-9-4-1-2-5-10(9)16-8-15-7-3-6-14-11(15)13;/h1-6H,7-8H2,(H2,13,14);1H. The van der Waals surface area contributed by atoms with E-state index >= 15 is 0 Å². The lowest BCUT2D eigenvalue weighted by Crippen LogP contribution is -2.41. The normalized spacial score (nSPS) is 13.9. The van der Waals surface area contributed by atoms with Crippen molar-refractivity contribution in [1.82, 2.24) is 4.90 Å². The second-order valence-corrected chi connectivity index (χ2v) is 4.15. The van der Waals surface area contributed by atoms with Gasteiger partial charge in [0, 0.05) is 12.7 Å². The van der Waals surface area contributed by atoms with Crippen molar-refractivity contribution in [3.8, 4) is 5.75 Å². The zero-order valence-corrected chi connectivity index (χ0v) is 11.4. The molecule has 6 heteroatoms. The van der Waals surface area contributed by atoms with E-state index in [-0.39, 0.29) is 12.4 Å². The highest BCUT2D eigenvalue weighted by atomic mass is 79.9. The van der Waals surface area contributed by atoms with E-state index < -0.39 is 0 Å². The Hall–Kier alpha value is -1.20. The topological polar surface area (TPSA) is 50.8 Å². The van der Waals surface area contributed by atoms with Crippen molar-refractivity contribution >= 4 is 34.3 Å². The van der Waals surface area contributed by atoms with E-state index in [1.807, 2.05) is 35.2 Å². The predicted octanol–water partition coefficient (Wildman–Crippen LogP) is 2.35. The fourth-order valence-electron chi connectivity index (χ4n) is 1.31. The Balaban J connectivity index is 0.00000144. The van der Waals surface area contributed by atoms with Crippen LogP contribution in [0.2, 0.25) is 0 Å². The average molecular weight is 319 g/mol. The summed E-state index contributed by atoms with van der Waals surface area (Å²) in [5.74, 6) is 1.28. The van der Waals surface area contributed by atoms with E-state index in [4.69, 9.17) is 10.5 Å². The van der Waals surface area contributed by atoms with Gasteiger partial charge < -0.3 is 15.4 Å². The van der Waals surface area contributed by atoms with Gasteiger partial charge in [0.2, 0.25) is 0 Å². The van der Waals surface area contributed by atoms with Gasteiger partial charge in [0.15, 0.2) is 12.7 Å². The van der Waals surface area contributed by atoms with E-state index in [1.54, 1.807) is 6.20 Å². The number of guanidine groups is 1. The van der Waals surface area contributed by atoms with Crippen LogP contribution in [0.1, 0.15) is 0 Å². The van der Waals surface area contributed by atoms with E-state index in [1.165, 1.54) is 0 Å². The number of hydrogen-bond acceptors (Lipinski definition) is 4. The molecule has 4 nitrogen and oxygen atoms in total. The maximum Gasteiger partial charge on any atom is 0.198 e. The molecule has 17 heavy (non-hydrogen) atoms. The number of rotatable bonds is 3. The highest BCUT2D eigenvalue weighted by molar-refractivity contribution is 9.10. The van der Waals surface area contributed by atoms with Gasteiger partial charge >= 0.3 is 0 Å². The van der Waals surface area contributed by atoms with Crippen molar-refractivity contribution < 1.29 is 4.74 Å². The first kappa shape index (κ1) is 13.9. The first-order valence-electron chi connectivity index (χ1n) is 4.88. The number of para-hydroxylation sites is 1. The number of hydrogen-bond donors (Lipinski definition) is 1. The number of benzene rings is 1. The van der Waals surface area contributed by atoms with Gasteiger partial charge in [0.1, 0.15) is 5.75 Å².